The van der Waals surface area contributed by atoms with Crippen LogP contribution in [-0.2, 0) is 24.2 Å². The van der Waals surface area contributed by atoms with Crippen molar-refractivity contribution < 1.29 is 4.74 Å². The zero-order valence-electron chi connectivity index (χ0n) is 9.62. The molecule has 0 aromatic carbocycles. The van der Waals surface area contributed by atoms with Gasteiger partial charge in [-0.05, 0) is 20.0 Å². The summed E-state index contributed by atoms with van der Waals surface area (Å²) in [6.45, 7) is 2.26. The van der Waals surface area contributed by atoms with Crippen LogP contribution in [-0.4, -0.2) is 30.2 Å². The number of anilines is 1. The lowest BCUT2D eigenvalue weighted by Gasteiger charge is -2.17. The van der Waals surface area contributed by atoms with Crippen LogP contribution in [0.4, 0.5) is 5.82 Å². The van der Waals surface area contributed by atoms with Gasteiger partial charge in [0, 0.05) is 18.4 Å². The summed E-state index contributed by atoms with van der Waals surface area (Å²) in [4.78, 5) is 8.86. The highest BCUT2D eigenvalue weighted by Gasteiger charge is 2.16. The van der Waals surface area contributed by atoms with Crippen molar-refractivity contribution in [3.63, 3.8) is 0 Å². The van der Waals surface area contributed by atoms with Gasteiger partial charge in [-0.25, -0.2) is 9.97 Å². The molecule has 1 aromatic heterocycles. The molecule has 0 amide bonds. The maximum Gasteiger partial charge on any atom is 0.132 e. The molecular formula is C11H18N4O. The molecule has 0 aliphatic carbocycles. The number of nitrogens with zero attached hydrogens (tertiary/aromatic N) is 2. The number of nitrogen functional groups attached to an aromatic ring is 1. The van der Waals surface area contributed by atoms with Gasteiger partial charge in [-0.15, -0.1) is 0 Å². The van der Waals surface area contributed by atoms with Crippen molar-refractivity contribution in [1.29, 1.82) is 0 Å². The van der Waals surface area contributed by atoms with E-state index < -0.39 is 0 Å². The van der Waals surface area contributed by atoms with Crippen LogP contribution in [0.1, 0.15) is 23.5 Å². The standard InChI is InChI=1S/C11H18N4O/c1-13-5-2-3-10-14-9-4-6-16-7-8(9)11(12)15-10/h13H,2-7H2,1H3,(H2,12,14,15). The first-order chi connectivity index (χ1) is 7.81. The van der Waals surface area contributed by atoms with E-state index in [-0.39, 0.29) is 0 Å². The van der Waals surface area contributed by atoms with E-state index in [0.717, 1.165) is 49.5 Å². The predicted octanol–water partition coefficient (Wildman–Crippen LogP) is 0.283. The summed E-state index contributed by atoms with van der Waals surface area (Å²) < 4.78 is 5.35. The summed E-state index contributed by atoms with van der Waals surface area (Å²) in [5.41, 5.74) is 7.94. The molecule has 2 rings (SSSR count). The molecule has 3 N–H and O–H groups in total. The van der Waals surface area contributed by atoms with Crippen LogP contribution < -0.4 is 11.1 Å². The Morgan fingerprint density at radius 3 is 3.12 bits per heavy atom. The first-order valence-corrected chi connectivity index (χ1v) is 5.67. The summed E-state index contributed by atoms with van der Waals surface area (Å²) in [5.74, 6) is 1.44. The van der Waals surface area contributed by atoms with Crippen molar-refractivity contribution in [3.8, 4) is 0 Å². The number of rotatable bonds is 4. The second-order valence-corrected chi connectivity index (χ2v) is 3.96. The molecule has 0 spiro atoms. The SMILES string of the molecule is CNCCCc1nc(N)c2c(n1)CCOC2. The van der Waals surface area contributed by atoms with Crippen molar-refractivity contribution in [2.45, 2.75) is 25.9 Å². The number of aromatic nitrogens is 2. The third kappa shape index (κ3) is 2.48. The first-order valence-electron chi connectivity index (χ1n) is 5.67. The van der Waals surface area contributed by atoms with Crippen molar-refractivity contribution in [2.75, 3.05) is 25.9 Å². The smallest absolute Gasteiger partial charge is 0.132 e. The Balaban J connectivity index is 2.12. The van der Waals surface area contributed by atoms with E-state index in [1.54, 1.807) is 0 Å². The molecular weight excluding hydrogens is 204 g/mol. The molecule has 16 heavy (non-hydrogen) atoms. The monoisotopic (exact) mass is 222 g/mol. The minimum absolute atomic E-state index is 0.554. The molecule has 88 valence electrons. The van der Waals surface area contributed by atoms with E-state index >= 15 is 0 Å². The maximum atomic E-state index is 5.90. The Hall–Kier alpha value is -1.20. The summed E-state index contributed by atoms with van der Waals surface area (Å²) >= 11 is 0. The van der Waals surface area contributed by atoms with Crippen LogP contribution in [0.3, 0.4) is 0 Å². The highest BCUT2D eigenvalue weighted by molar-refractivity contribution is 5.42. The average molecular weight is 222 g/mol. The second-order valence-electron chi connectivity index (χ2n) is 3.96. The fourth-order valence-corrected chi connectivity index (χ4v) is 1.84. The zero-order chi connectivity index (χ0) is 11.4. The van der Waals surface area contributed by atoms with Crippen LogP contribution in [0.2, 0.25) is 0 Å². The van der Waals surface area contributed by atoms with Crippen LogP contribution in [0.25, 0.3) is 0 Å². The second kappa shape index (κ2) is 5.23. The summed E-state index contributed by atoms with van der Waals surface area (Å²) in [7, 11) is 1.94. The molecule has 1 aromatic rings. The lowest BCUT2D eigenvalue weighted by atomic mass is 10.1. The minimum Gasteiger partial charge on any atom is -0.383 e. The third-order valence-corrected chi connectivity index (χ3v) is 2.73. The van der Waals surface area contributed by atoms with Crippen LogP contribution in [0.15, 0.2) is 0 Å². The lowest BCUT2D eigenvalue weighted by Crippen LogP contribution is -2.17. The van der Waals surface area contributed by atoms with E-state index in [9.17, 15) is 0 Å². The summed E-state index contributed by atoms with van der Waals surface area (Å²) in [6, 6.07) is 0. The Labute approximate surface area is 95.4 Å². The molecule has 0 saturated carbocycles. The number of nitrogens with two attached hydrogens (primary N) is 1. The Bertz CT molecular complexity index is 367. The average Bonchev–Trinajstić information content (AvgIpc) is 2.30. The molecule has 0 fully saturated rings. The number of fused-ring (bicyclic) bond motifs is 1. The summed E-state index contributed by atoms with van der Waals surface area (Å²) in [5, 5.41) is 3.11. The predicted molar refractivity (Wildman–Crippen MR) is 62.1 cm³/mol. The van der Waals surface area contributed by atoms with E-state index in [0.29, 0.717) is 12.4 Å². The number of hydrogen-bond acceptors (Lipinski definition) is 5. The van der Waals surface area contributed by atoms with Crippen LogP contribution in [0, 0.1) is 0 Å². The molecule has 1 aliphatic heterocycles. The fourth-order valence-electron chi connectivity index (χ4n) is 1.84. The van der Waals surface area contributed by atoms with Gasteiger partial charge in [0.25, 0.3) is 0 Å². The molecule has 0 unspecified atom stereocenters. The Kier molecular flexibility index (Phi) is 3.69. The molecule has 0 radical (unpaired) electrons. The van der Waals surface area contributed by atoms with E-state index in [2.05, 4.69) is 15.3 Å². The molecule has 2 heterocycles. The first kappa shape index (κ1) is 11.3. The van der Waals surface area contributed by atoms with Gasteiger partial charge in [0.15, 0.2) is 0 Å². The van der Waals surface area contributed by atoms with Gasteiger partial charge in [-0.3, -0.25) is 0 Å². The molecule has 0 atom stereocenters. The summed E-state index contributed by atoms with van der Waals surface area (Å²) in [6.07, 6.45) is 2.76. The van der Waals surface area contributed by atoms with E-state index in [1.165, 1.54) is 0 Å². The van der Waals surface area contributed by atoms with Crippen molar-refractivity contribution in [2.24, 2.45) is 0 Å². The molecule has 5 heteroatoms. The molecule has 1 aliphatic rings. The van der Waals surface area contributed by atoms with Gasteiger partial charge in [0.2, 0.25) is 0 Å². The highest BCUT2D eigenvalue weighted by Crippen LogP contribution is 2.19. The Morgan fingerprint density at radius 1 is 1.44 bits per heavy atom. The van der Waals surface area contributed by atoms with Crippen LogP contribution in [0.5, 0.6) is 0 Å². The highest BCUT2D eigenvalue weighted by atomic mass is 16.5. The maximum absolute atomic E-state index is 5.90. The number of nitrogens with one attached hydrogen (secondary N) is 1. The van der Waals surface area contributed by atoms with Crippen LogP contribution >= 0.6 is 0 Å². The fraction of sp³-hybridized carbons (Fsp3) is 0.636. The zero-order valence-corrected chi connectivity index (χ0v) is 9.62. The van der Waals surface area contributed by atoms with Gasteiger partial charge in [0.1, 0.15) is 11.6 Å². The van der Waals surface area contributed by atoms with Crippen molar-refractivity contribution in [1.82, 2.24) is 15.3 Å². The number of ether oxygens (including phenoxy) is 1. The van der Waals surface area contributed by atoms with Gasteiger partial charge in [-0.2, -0.15) is 0 Å². The largest absolute Gasteiger partial charge is 0.383 e. The van der Waals surface area contributed by atoms with Crippen molar-refractivity contribution in [3.05, 3.63) is 17.1 Å². The lowest BCUT2D eigenvalue weighted by molar-refractivity contribution is 0.109. The quantitative estimate of drug-likeness (QED) is 0.716. The van der Waals surface area contributed by atoms with E-state index in [4.69, 9.17) is 10.5 Å². The van der Waals surface area contributed by atoms with E-state index in [1.807, 2.05) is 7.05 Å². The third-order valence-electron chi connectivity index (χ3n) is 2.73. The van der Waals surface area contributed by atoms with Crippen molar-refractivity contribution >= 4 is 5.82 Å². The number of hydrogen-bond donors (Lipinski definition) is 2. The molecule has 5 nitrogen and oxygen atoms in total. The molecule has 0 bridgehead atoms. The normalized spacial score (nSPS) is 14.8. The van der Waals surface area contributed by atoms with Gasteiger partial charge < -0.3 is 15.8 Å². The Morgan fingerprint density at radius 2 is 2.31 bits per heavy atom. The molecule has 0 saturated heterocycles. The number of aryl methyl sites for hydroxylation is 1. The van der Waals surface area contributed by atoms with Gasteiger partial charge in [0.05, 0.1) is 18.9 Å². The van der Waals surface area contributed by atoms with Gasteiger partial charge >= 0.3 is 0 Å². The topological polar surface area (TPSA) is 73.1 Å². The minimum atomic E-state index is 0.554. The van der Waals surface area contributed by atoms with Gasteiger partial charge in [-0.1, -0.05) is 0 Å².